The zero-order valence-corrected chi connectivity index (χ0v) is 12.4. The molecule has 1 atom stereocenters. The van der Waals surface area contributed by atoms with Crippen LogP contribution >= 0.6 is 15.9 Å². The first-order valence-corrected chi connectivity index (χ1v) is 6.89. The van der Waals surface area contributed by atoms with Crippen molar-refractivity contribution in [1.82, 2.24) is 0 Å². The average Bonchev–Trinajstić information content (AvgIpc) is 2.40. The molecule has 1 aromatic rings. The van der Waals surface area contributed by atoms with Crippen molar-refractivity contribution in [2.24, 2.45) is 0 Å². The van der Waals surface area contributed by atoms with Gasteiger partial charge in [0.1, 0.15) is 11.5 Å². The molecule has 114 valence electrons. The largest absolute Gasteiger partial charge is 0.481 e. The first kappa shape index (κ1) is 15.6. The van der Waals surface area contributed by atoms with Gasteiger partial charge in [-0.1, -0.05) is 0 Å². The number of rotatable bonds is 4. The van der Waals surface area contributed by atoms with E-state index in [2.05, 4.69) is 15.9 Å². The molecule has 9 heteroatoms. The number of aliphatic carboxylic acids is 1. The molecule has 1 unspecified atom stereocenters. The van der Waals surface area contributed by atoms with Gasteiger partial charge in [0.15, 0.2) is 0 Å². The number of hydrogen-bond acceptors (Lipinski definition) is 5. The van der Waals surface area contributed by atoms with Crippen molar-refractivity contribution in [2.45, 2.75) is 12.5 Å². The first-order chi connectivity index (χ1) is 9.88. The summed E-state index contributed by atoms with van der Waals surface area (Å²) >= 11 is 2.92. The van der Waals surface area contributed by atoms with Gasteiger partial charge in [-0.25, -0.2) is 4.39 Å². The van der Waals surface area contributed by atoms with E-state index in [9.17, 15) is 19.3 Å². The van der Waals surface area contributed by atoms with E-state index in [-0.39, 0.29) is 35.4 Å². The van der Waals surface area contributed by atoms with Crippen molar-refractivity contribution in [3.05, 3.63) is 32.5 Å². The zero-order chi connectivity index (χ0) is 15.6. The number of anilines is 1. The molecule has 7 nitrogen and oxygen atoms in total. The SMILES string of the molecule is O=C(O)CC1CN(c2cc(F)c(Br)cc2[N+](=O)[O-])CCO1. The van der Waals surface area contributed by atoms with Gasteiger partial charge in [-0.15, -0.1) is 0 Å². The van der Waals surface area contributed by atoms with Crippen LogP contribution in [0.4, 0.5) is 15.8 Å². The van der Waals surface area contributed by atoms with E-state index in [4.69, 9.17) is 9.84 Å². The number of ether oxygens (including phenoxy) is 1. The molecular formula is C12H12BrFN2O5. The number of hydrogen-bond donors (Lipinski definition) is 1. The molecule has 0 spiro atoms. The lowest BCUT2D eigenvalue weighted by Gasteiger charge is -2.33. The third-order valence-electron chi connectivity index (χ3n) is 3.10. The molecule has 1 fully saturated rings. The second-order valence-corrected chi connectivity index (χ2v) is 5.40. The van der Waals surface area contributed by atoms with Gasteiger partial charge in [-0.3, -0.25) is 14.9 Å². The standard InChI is InChI=1S/C12H12BrFN2O5/c13-8-4-11(16(19)20)10(5-9(8)14)15-1-2-21-7(6-15)3-12(17)18/h4-5,7H,1-3,6H2,(H,17,18). The maximum absolute atomic E-state index is 13.7. The maximum atomic E-state index is 13.7. The van der Waals surface area contributed by atoms with Crippen LogP contribution in [-0.4, -0.2) is 41.8 Å². The highest BCUT2D eigenvalue weighted by Crippen LogP contribution is 2.34. The van der Waals surface area contributed by atoms with Crippen LogP contribution in [-0.2, 0) is 9.53 Å². The number of nitro groups is 1. The van der Waals surface area contributed by atoms with Gasteiger partial charge in [0.25, 0.3) is 5.69 Å². The van der Waals surface area contributed by atoms with Crippen molar-refractivity contribution in [2.75, 3.05) is 24.6 Å². The third-order valence-corrected chi connectivity index (χ3v) is 3.70. The van der Waals surface area contributed by atoms with Gasteiger partial charge >= 0.3 is 5.97 Å². The molecule has 0 aliphatic carbocycles. The summed E-state index contributed by atoms with van der Waals surface area (Å²) in [5.41, 5.74) is -0.112. The monoisotopic (exact) mass is 362 g/mol. The second-order valence-electron chi connectivity index (χ2n) is 4.55. The van der Waals surface area contributed by atoms with Crippen LogP contribution in [0.1, 0.15) is 6.42 Å². The van der Waals surface area contributed by atoms with Gasteiger partial charge in [-0.2, -0.15) is 0 Å². The van der Waals surface area contributed by atoms with Crippen LogP contribution < -0.4 is 4.90 Å². The molecule has 1 saturated heterocycles. The smallest absolute Gasteiger partial charge is 0.306 e. The number of morpholine rings is 1. The summed E-state index contributed by atoms with van der Waals surface area (Å²) in [5.74, 6) is -1.63. The fraction of sp³-hybridized carbons (Fsp3) is 0.417. The van der Waals surface area contributed by atoms with E-state index in [1.165, 1.54) is 0 Å². The van der Waals surface area contributed by atoms with E-state index in [1.807, 2.05) is 0 Å². The van der Waals surface area contributed by atoms with Gasteiger partial charge in [0.2, 0.25) is 0 Å². The van der Waals surface area contributed by atoms with E-state index in [1.54, 1.807) is 4.90 Å². The van der Waals surface area contributed by atoms with Gasteiger partial charge < -0.3 is 14.7 Å². The first-order valence-electron chi connectivity index (χ1n) is 6.10. The predicted molar refractivity (Wildman–Crippen MR) is 75.0 cm³/mol. The van der Waals surface area contributed by atoms with Gasteiger partial charge in [0.05, 0.1) is 28.5 Å². The van der Waals surface area contributed by atoms with Gasteiger partial charge in [-0.05, 0) is 15.9 Å². The highest BCUT2D eigenvalue weighted by Gasteiger charge is 2.28. The number of carboxylic acids is 1. The van der Waals surface area contributed by atoms with Crippen LogP contribution in [0, 0.1) is 15.9 Å². The molecule has 2 rings (SSSR count). The van der Waals surface area contributed by atoms with Crippen LogP contribution in [0.15, 0.2) is 16.6 Å². The fourth-order valence-electron chi connectivity index (χ4n) is 2.18. The Hall–Kier alpha value is -1.74. The lowest BCUT2D eigenvalue weighted by molar-refractivity contribution is -0.384. The lowest BCUT2D eigenvalue weighted by Crippen LogP contribution is -2.43. The Morgan fingerprint density at radius 2 is 2.33 bits per heavy atom. The highest BCUT2D eigenvalue weighted by molar-refractivity contribution is 9.10. The molecule has 1 aromatic carbocycles. The van der Waals surface area contributed by atoms with Crippen molar-refractivity contribution >= 4 is 33.3 Å². The Balaban J connectivity index is 2.30. The van der Waals surface area contributed by atoms with Crippen LogP contribution in [0.3, 0.4) is 0 Å². The third kappa shape index (κ3) is 3.67. The highest BCUT2D eigenvalue weighted by atomic mass is 79.9. The van der Waals surface area contributed by atoms with Gasteiger partial charge in [0, 0.05) is 25.2 Å². The zero-order valence-electron chi connectivity index (χ0n) is 10.8. The summed E-state index contributed by atoms with van der Waals surface area (Å²) in [7, 11) is 0. The van der Waals surface area contributed by atoms with Crippen LogP contribution in [0.2, 0.25) is 0 Å². The lowest BCUT2D eigenvalue weighted by atomic mass is 10.1. The molecular weight excluding hydrogens is 351 g/mol. The van der Waals surface area contributed by atoms with E-state index >= 15 is 0 Å². The van der Waals surface area contributed by atoms with Crippen LogP contribution in [0.5, 0.6) is 0 Å². The predicted octanol–water partition coefficient (Wildman–Crippen LogP) is 2.18. The Labute approximate surface area is 127 Å². The Morgan fingerprint density at radius 1 is 1.62 bits per heavy atom. The fourth-order valence-corrected chi connectivity index (χ4v) is 2.51. The van der Waals surface area contributed by atoms with E-state index in [0.29, 0.717) is 6.54 Å². The molecule has 1 aliphatic heterocycles. The molecule has 1 N–H and O–H groups in total. The summed E-state index contributed by atoms with van der Waals surface area (Å²) in [6, 6.07) is 2.18. The van der Waals surface area contributed by atoms with Crippen molar-refractivity contribution in [3.63, 3.8) is 0 Å². The molecule has 0 bridgehead atoms. The summed E-state index contributed by atoms with van der Waals surface area (Å²) in [6.07, 6.45) is -0.786. The number of halogens is 2. The quantitative estimate of drug-likeness (QED) is 0.651. The Morgan fingerprint density at radius 3 is 2.95 bits per heavy atom. The maximum Gasteiger partial charge on any atom is 0.306 e. The van der Waals surface area contributed by atoms with Crippen molar-refractivity contribution in [1.29, 1.82) is 0 Å². The molecule has 1 heterocycles. The number of nitro benzene ring substituents is 1. The van der Waals surface area contributed by atoms with E-state index < -0.39 is 22.8 Å². The molecule has 21 heavy (non-hydrogen) atoms. The van der Waals surface area contributed by atoms with Crippen LogP contribution in [0.25, 0.3) is 0 Å². The average molecular weight is 363 g/mol. The minimum atomic E-state index is -1.02. The molecule has 0 saturated carbocycles. The molecule has 0 amide bonds. The Bertz CT molecular complexity index is 583. The Kier molecular flexibility index (Phi) is 4.73. The molecule has 0 aromatic heterocycles. The van der Waals surface area contributed by atoms with Crippen molar-refractivity contribution in [3.8, 4) is 0 Å². The summed E-state index contributed by atoms with van der Waals surface area (Å²) < 4.78 is 19.0. The second kappa shape index (κ2) is 6.35. The van der Waals surface area contributed by atoms with E-state index in [0.717, 1.165) is 12.1 Å². The normalized spacial score (nSPS) is 18.6. The number of nitrogens with zero attached hydrogens (tertiary/aromatic N) is 2. The minimum absolute atomic E-state index is 0.00768. The number of carboxylic acid groups (broad SMARTS) is 1. The number of carbonyl (C=O) groups is 1. The van der Waals surface area contributed by atoms with Crippen molar-refractivity contribution < 1.29 is 24.0 Å². The minimum Gasteiger partial charge on any atom is -0.481 e. The molecule has 0 radical (unpaired) electrons. The summed E-state index contributed by atoms with van der Waals surface area (Å²) in [4.78, 5) is 22.8. The number of benzene rings is 1. The topological polar surface area (TPSA) is 92.9 Å². The summed E-state index contributed by atoms with van der Waals surface area (Å²) in [6.45, 7) is 0.721. The summed E-state index contributed by atoms with van der Waals surface area (Å²) in [5, 5.41) is 19.9. The molecule has 1 aliphatic rings.